The number of nitrogens with zero attached hydrogens (tertiary/aromatic N) is 1. The summed E-state index contributed by atoms with van der Waals surface area (Å²) in [6.45, 7) is 0.198. The van der Waals surface area contributed by atoms with Crippen LogP contribution in [0.25, 0.3) is 0 Å². The first kappa shape index (κ1) is 16.0. The minimum atomic E-state index is -4.14. The zero-order chi connectivity index (χ0) is 15.7. The Morgan fingerprint density at radius 2 is 1.76 bits per heavy atom. The first-order valence-electron chi connectivity index (χ1n) is 6.32. The maximum atomic E-state index is 12.7. The van der Waals surface area contributed by atoms with Crippen molar-refractivity contribution in [2.75, 3.05) is 13.1 Å². The van der Waals surface area contributed by atoms with Gasteiger partial charge in [-0.15, -0.1) is 6.42 Å². The first-order valence-corrected chi connectivity index (χ1v) is 9.31. The fourth-order valence-corrected chi connectivity index (χ4v) is 4.76. The second-order valence-corrected chi connectivity index (χ2v) is 8.37. The lowest BCUT2D eigenvalue weighted by Crippen LogP contribution is -2.34. The average molecular weight is 328 g/mol. The Hall–Kier alpha value is -1.40. The van der Waals surface area contributed by atoms with E-state index in [1.165, 1.54) is 24.3 Å². The summed E-state index contributed by atoms with van der Waals surface area (Å²) in [5, 5.41) is 5.09. The van der Waals surface area contributed by atoms with Crippen LogP contribution in [0.2, 0.25) is 0 Å². The third-order valence-electron chi connectivity index (χ3n) is 3.20. The molecule has 1 aliphatic rings. The second-order valence-electron chi connectivity index (χ2n) is 4.94. The molecule has 1 aromatic rings. The van der Waals surface area contributed by atoms with Crippen LogP contribution in [0.3, 0.4) is 0 Å². The lowest BCUT2D eigenvalue weighted by atomic mass is 10.4. The van der Waals surface area contributed by atoms with Crippen LogP contribution in [0.4, 0.5) is 0 Å². The molecule has 0 unspecified atom stereocenters. The lowest BCUT2D eigenvalue weighted by Gasteiger charge is -2.21. The topological polar surface area (TPSA) is 97.5 Å². The smallest absolute Gasteiger partial charge is 0.225 e. The van der Waals surface area contributed by atoms with E-state index in [-0.39, 0.29) is 17.4 Å². The number of primary sulfonamides is 1. The van der Waals surface area contributed by atoms with E-state index >= 15 is 0 Å². The summed E-state index contributed by atoms with van der Waals surface area (Å²) in [4.78, 5) is -0.744. The number of benzene rings is 1. The molecule has 0 aromatic heterocycles. The van der Waals surface area contributed by atoms with Crippen molar-refractivity contribution in [2.45, 2.75) is 22.6 Å². The molecule has 2 rings (SSSR count). The first-order chi connectivity index (χ1) is 9.76. The molecule has 0 bridgehead atoms. The van der Waals surface area contributed by atoms with E-state index < -0.39 is 24.9 Å². The van der Waals surface area contributed by atoms with Crippen molar-refractivity contribution in [3.05, 3.63) is 24.3 Å². The molecule has 1 fully saturated rings. The van der Waals surface area contributed by atoms with Gasteiger partial charge in [-0.3, -0.25) is 0 Å². The summed E-state index contributed by atoms with van der Waals surface area (Å²) in [5.74, 6) is 2.59. The van der Waals surface area contributed by atoms with Crippen LogP contribution >= 0.6 is 0 Å². The normalized spacial score (nSPS) is 15.9. The van der Waals surface area contributed by atoms with Crippen molar-refractivity contribution >= 4 is 20.0 Å². The summed E-state index contributed by atoms with van der Waals surface area (Å²) < 4.78 is 49.6. The monoisotopic (exact) mass is 328 g/mol. The maximum Gasteiger partial charge on any atom is 0.245 e. The highest BCUT2D eigenvalue weighted by Crippen LogP contribution is 2.32. The number of hydrogen-bond donors (Lipinski definition) is 1. The van der Waals surface area contributed by atoms with E-state index in [0.29, 0.717) is 6.54 Å². The number of terminal acetylenes is 1. The highest BCUT2D eigenvalue weighted by molar-refractivity contribution is 7.92. The minimum Gasteiger partial charge on any atom is -0.225 e. The van der Waals surface area contributed by atoms with Crippen LogP contribution in [-0.2, 0) is 20.0 Å². The molecule has 0 spiro atoms. The van der Waals surface area contributed by atoms with Crippen LogP contribution in [0, 0.1) is 18.3 Å². The largest absolute Gasteiger partial charge is 0.245 e. The van der Waals surface area contributed by atoms with Gasteiger partial charge >= 0.3 is 0 Å². The fourth-order valence-electron chi connectivity index (χ4n) is 1.98. The molecule has 1 aliphatic carbocycles. The summed E-state index contributed by atoms with van der Waals surface area (Å²) >= 11 is 0. The molecule has 6 nitrogen and oxygen atoms in total. The van der Waals surface area contributed by atoms with Gasteiger partial charge in [0.1, 0.15) is 9.79 Å². The van der Waals surface area contributed by atoms with Gasteiger partial charge in [-0.2, -0.15) is 4.31 Å². The predicted octanol–water partition coefficient (Wildman–Crippen LogP) is 0.368. The summed E-state index contributed by atoms with van der Waals surface area (Å²) in [6.07, 6.45) is 7.13. The summed E-state index contributed by atoms with van der Waals surface area (Å²) in [6, 6.07) is 5.27. The number of sulfonamides is 2. The Balaban J connectivity index is 2.49. The van der Waals surface area contributed by atoms with Gasteiger partial charge in [0.25, 0.3) is 0 Å². The Bertz CT molecular complexity index is 775. The van der Waals surface area contributed by atoms with Gasteiger partial charge in [0.05, 0.1) is 6.54 Å². The summed E-state index contributed by atoms with van der Waals surface area (Å²) in [5.41, 5.74) is 0. The molecule has 0 saturated heterocycles. The molecule has 1 saturated carbocycles. The van der Waals surface area contributed by atoms with Crippen molar-refractivity contribution in [3.63, 3.8) is 0 Å². The van der Waals surface area contributed by atoms with Crippen molar-refractivity contribution in [1.29, 1.82) is 0 Å². The quantitative estimate of drug-likeness (QED) is 0.763. The highest BCUT2D eigenvalue weighted by Gasteiger charge is 2.33. The molecule has 21 heavy (non-hydrogen) atoms. The van der Waals surface area contributed by atoms with Crippen LogP contribution in [-0.4, -0.2) is 34.2 Å². The Labute approximate surface area is 125 Å². The highest BCUT2D eigenvalue weighted by atomic mass is 32.2. The molecule has 114 valence electrons. The van der Waals surface area contributed by atoms with Gasteiger partial charge < -0.3 is 0 Å². The van der Waals surface area contributed by atoms with Gasteiger partial charge in [0.15, 0.2) is 0 Å². The second kappa shape index (κ2) is 5.77. The molecule has 0 radical (unpaired) electrons. The fraction of sp³-hybridized carbons (Fsp3) is 0.385. The molecule has 0 aliphatic heterocycles. The zero-order valence-electron chi connectivity index (χ0n) is 11.3. The van der Waals surface area contributed by atoms with E-state index in [0.717, 1.165) is 17.1 Å². The van der Waals surface area contributed by atoms with Gasteiger partial charge in [-0.05, 0) is 30.9 Å². The third kappa shape index (κ3) is 3.63. The van der Waals surface area contributed by atoms with Crippen LogP contribution in [0.5, 0.6) is 0 Å². The molecule has 0 heterocycles. The van der Waals surface area contributed by atoms with Crippen LogP contribution in [0.1, 0.15) is 12.8 Å². The average Bonchev–Trinajstić information content (AvgIpc) is 3.21. The number of nitrogens with two attached hydrogens (primary N) is 1. The molecular weight excluding hydrogens is 312 g/mol. The van der Waals surface area contributed by atoms with Gasteiger partial charge in [-0.1, -0.05) is 18.1 Å². The molecule has 1 aromatic carbocycles. The third-order valence-corrected chi connectivity index (χ3v) is 6.17. The lowest BCUT2D eigenvalue weighted by molar-refractivity contribution is 0.428. The molecule has 0 amide bonds. The zero-order valence-corrected chi connectivity index (χ0v) is 12.9. The molecule has 0 atom stereocenters. The molecule has 2 N–H and O–H groups in total. The summed E-state index contributed by atoms with van der Waals surface area (Å²) in [7, 11) is -8.14. The minimum absolute atomic E-state index is 0.0994. The van der Waals surface area contributed by atoms with E-state index in [1.54, 1.807) is 0 Å². The van der Waals surface area contributed by atoms with E-state index in [2.05, 4.69) is 5.92 Å². The standard InChI is InChI=1S/C13H16N2O4S2/c1-2-9-15(10-11-7-8-11)21(18,19)13-6-4-3-5-12(13)20(14,16)17/h1,3-6,11H,7-10H2,(H2,14,16,17). The van der Waals surface area contributed by atoms with Crippen molar-refractivity contribution in [2.24, 2.45) is 11.1 Å². The van der Waals surface area contributed by atoms with E-state index in [1.807, 2.05) is 0 Å². The molecule has 8 heteroatoms. The SMILES string of the molecule is C#CCN(CC1CC1)S(=O)(=O)c1ccccc1S(N)(=O)=O. The van der Waals surface area contributed by atoms with Crippen LogP contribution in [0.15, 0.2) is 34.1 Å². The Morgan fingerprint density at radius 1 is 1.19 bits per heavy atom. The number of hydrogen-bond acceptors (Lipinski definition) is 4. The van der Waals surface area contributed by atoms with Crippen molar-refractivity contribution < 1.29 is 16.8 Å². The Kier molecular flexibility index (Phi) is 4.39. The van der Waals surface area contributed by atoms with E-state index in [9.17, 15) is 16.8 Å². The Morgan fingerprint density at radius 3 is 2.24 bits per heavy atom. The van der Waals surface area contributed by atoms with Crippen molar-refractivity contribution in [1.82, 2.24) is 4.31 Å². The molecular formula is C13H16N2O4S2. The predicted molar refractivity (Wildman–Crippen MR) is 78.1 cm³/mol. The van der Waals surface area contributed by atoms with Crippen molar-refractivity contribution in [3.8, 4) is 12.3 Å². The van der Waals surface area contributed by atoms with Gasteiger partial charge in [0.2, 0.25) is 20.0 Å². The maximum absolute atomic E-state index is 12.7. The van der Waals surface area contributed by atoms with Gasteiger partial charge in [0, 0.05) is 6.54 Å². The van der Waals surface area contributed by atoms with Crippen LogP contribution < -0.4 is 5.14 Å². The number of rotatable bonds is 6. The van der Waals surface area contributed by atoms with Gasteiger partial charge in [-0.25, -0.2) is 22.0 Å². The van der Waals surface area contributed by atoms with E-state index in [4.69, 9.17) is 11.6 Å².